The lowest BCUT2D eigenvalue weighted by atomic mass is 10.0. The Morgan fingerprint density at radius 2 is 0.514 bits per heavy atom. The van der Waals surface area contributed by atoms with Gasteiger partial charge in [-0.25, -0.2) is 0 Å². The molecule has 422 valence electrons. The van der Waals surface area contributed by atoms with Crippen molar-refractivity contribution in [1.29, 1.82) is 0 Å². The quantitative estimate of drug-likeness (QED) is 0.0261. The summed E-state index contributed by atoms with van der Waals surface area (Å²) in [6.45, 7) is 6.66. The van der Waals surface area contributed by atoms with Gasteiger partial charge in [0.05, 0.1) is 0 Å². The molecule has 0 fully saturated rings. The fourth-order valence-electron chi connectivity index (χ4n) is 9.58. The first-order valence-corrected chi connectivity index (χ1v) is 32.0. The Bertz CT molecular complexity index is 1210. The van der Waals surface area contributed by atoms with Crippen LogP contribution in [0.2, 0.25) is 0 Å². The number of carbonyl (C=O) groups is 3. The molecule has 0 radical (unpaired) electrons. The minimum atomic E-state index is -0.789. The molecule has 72 heavy (non-hydrogen) atoms. The van der Waals surface area contributed by atoms with Gasteiger partial charge in [-0.05, 0) is 51.4 Å². The van der Waals surface area contributed by atoms with Crippen LogP contribution in [0.1, 0.15) is 348 Å². The third kappa shape index (κ3) is 58.5. The fraction of sp³-hybridized carbons (Fsp3) is 0.864. The second kappa shape index (κ2) is 61.2. The van der Waals surface area contributed by atoms with Crippen LogP contribution in [0.25, 0.3) is 0 Å². The molecule has 6 heteroatoms. The average molecular weight is 1010 g/mol. The summed E-state index contributed by atoms with van der Waals surface area (Å²) in [5.41, 5.74) is 0. The predicted octanol–water partition coefficient (Wildman–Crippen LogP) is 21.6. The van der Waals surface area contributed by atoms with Gasteiger partial charge in [0, 0.05) is 19.3 Å². The van der Waals surface area contributed by atoms with Gasteiger partial charge >= 0.3 is 17.9 Å². The van der Waals surface area contributed by atoms with E-state index in [9.17, 15) is 14.4 Å². The number of hydrogen-bond acceptors (Lipinski definition) is 6. The highest BCUT2D eigenvalue weighted by Crippen LogP contribution is 2.18. The minimum Gasteiger partial charge on any atom is -0.462 e. The van der Waals surface area contributed by atoms with Gasteiger partial charge in [-0.3, -0.25) is 14.4 Å². The topological polar surface area (TPSA) is 78.9 Å². The van der Waals surface area contributed by atoms with Crippen molar-refractivity contribution in [1.82, 2.24) is 0 Å². The Morgan fingerprint density at radius 3 is 0.833 bits per heavy atom. The van der Waals surface area contributed by atoms with Gasteiger partial charge in [0.1, 0.15) is 13.2 Å². The van der Waals surface area contributed by atoms with Crippen molar-refractivity contribution in [3.63, 3.8) is 0 Å². The maximum absolute atomic E-state index is 12.9. The summed E-state index contributed by atoms with van der Waals surface area (Å²) in [7, 11) is 0. The standard InChI is InChI=1S/C66H122O6/c1-4-7-10-13-16-19-22-25-28-31-33-36-38-41-44-47-50-53-56-59-65(68)71-62-63(61-70-64(67)58-55-52-49-46-43-40-37-34-30-27-24-21-18-15-12-9-6-3)72-66(69)60-57-54-51-48-45-42-39-35-32-29-26-23-20-17-14-11-8-5-2/h27,30,37,40,46,49,63H,4-26,28-29,31-36,38-39,41-45,47-48,50-62H2,1-3H3/b30-27-,40-37-,49-46-. The molecule has 0 heterocycles. The van der Waals surface area contributed by atoms with Crippen molar-refractivity contribution >= 4 is 17.9 Å². The highest BCUT2D eigenvalue weighted by molar-refractivity contribution is 5.71. The Kier molecular flexibility index (Phi) is 59.2. The van der Waals surface area contributed by atoms with E-state index in [2.05, 4.69) is 57.2 Å². The molecule has 0 aliphatic rings. The summed E-state index contributed by atoms with van der Waals surface area (Å²) in [4.78, 5) is 38.3. The third-order valence-corrected chi connectivity index (χ3v) is 14.4. The number of carbonyl (C=O) groups excluding carboxylic acids is 3. The summed E-state index contributed by atoms with van der Waals surface area (Å²) in [5.74, 6) is -0.911. The molecular weight excluding hydrogens is 889 g/mol. The van der Waals surface area contributed by atoms with Crippen LogP contribution in [0.4, 0.5) is 0 Å². The van der Waals surface area contributed by atoms with Crippen LogP contribution in [0, 0.1) is 0 Å². The highest BCUT2D eigenvalue weighted by atomic mass is 16.6. The van der Waals surface area contributed by atoms with Gasteiger partial charge in [0.2, 0.25) is 0 Å². The van der Waals surface area contributed by atoms with Crippen molar-refractivity contribution in [2.45, 2.75) is 354 Å². The second-order valence-electron chi connectivity index (χ2n) is 21.7. The summed E-state index contributed by atoms with van der Waals surface area (Å²) in [5, 5.41) is 0. The van der Waals surface area contributed by atoms with E-state index < -0.39 is 6.10 Å². The van der Waals surface area contributed by atoms with Crippen molar-refractivity contribution in [3.8, 4) is 0 Å². The molecule has 0 bridgehead atoms. The molecular formula is C66H122O6. The zero-order valence-corrected chi connectivity index (χ0v) is 48.5. The van der Waals surface area contributed by atoms with Gasteiger partial charge in [-0.15, -0.1) is 0 Å². The van der Waals surface area contributed by atoms with Crippen molar-refractivity contribution in [3.05, 3.63) is 36.5 Å². The molecule has 0 aliphatic heterocycles. The number of hydrogen-bond donors (Lipinski definition) is 0. The average Bonchev–Trinajstić information content (AvgIpc) is 3.38. The number of ether oxygens (including phenoxy) is 3. The molecule has 0 aromatic heterocycles. The molecule has 0 aromatic carbocycles. The van der Waals surface area contributed by atoms with Crippen LogP contribution in [0.15, 0.2) is 36.5 Å². The number of esters is 3. The molecule has 0 spiro atoms. The van der Waals surface area contributed by atoms with Gasteiger partial charge < -0.3 is 14.2 Å². The molecule has 1 unspecified atom stereocenters. The molecule has 0 rings (SSSR count). The lowest BCUT2D eigenvalue weighted by Gasteiger charge is -2.18. The van der Waals surface area contributed by atoms with E-state index >= 15 is 0 Å². The normalized spacial score (nSPS) is 12.2. The molecule has 0 amide bonds. The third-order valence-electron chi connectivity index (χ3n) is 14.4. The zero-order chi connectivity index (χ0) is 52.2. The molecule has 0 aromatic rings. The molecule has 0 aliphatic carbocycles. The monoisotopic (exact) mass is 1010 g/mol. The summed E-state index contributed by atoms with van der Waals surface area (Å²) in [6, 6.07) is 0. The zero-order valence-electron chi connectivity index (χ0n) is 48.5. The van der Waals surface area contributed by atoms with E-state index in [0.29, 0.717) is 25.7 Å². The van der Waals surface area contributed by atoms with Crippen LogP contribution in [-0.4, -0.2) is 37.2 Å². The highest BCUT2D eigenvalue weighted by Gasteiger charge is 2.19. The van der Waals surface area contributed by atoms with Gasteiger partial charge in [0.15, 0.2) is 6.10 Å². The lowest BCUT2D eigenvalue weighted by Crippen LogP contribution is -2.30. The van der Waals surface area contributed by atoms with Crippen LogP contribution >= 0.6 is 0 Å². The van der Waals surface area contributed by atoms with Crippen LogP contribution in [0.5, 0.6) is 0 Å². The number of rotatable bonds is 59. The van der Waals surface area contributed by atoms with Crippen molar-refractivity contribution < 1.29 is 28.6 Å². The smallest absolute Gasteiger partial charge is 0.306 e. The Labute approximate surface area is 448 Å². The van der Waals surface area contributed by atoms with E-state index in [-0.39, 0.29) is 31.1 Å². The number of allylic oxidation sites excluding steroid dienone is 6. The molecule has 0 saturated heterocycles. The Morgan fingerprint density at radius 1 is 0.278 bits per heavy atom. The van der Waals surface area contributed by atoms with Crippen molar-refractivity contribution in [2.24, 2.45) is 0 Å². The molecule has 6 nitrogen and oxygen atoms in total. The lowest BCUT2D eigenvalue weighted by molar-refractivity contribution is -0.167. The second-order valence-corrected chi connectivity index (χ2v) is 21.7. The van der Waals surface area contributed by atoms with E-state index in [0.717, 1.165) is 57.8 Å². The Balaban J connectivity index is 4.37. The molecule has 1 atom stereocenters. The molecule has 0 saturated carbocycles. The van der Waals surface area contributed by atoms with Crippen LogP contribution in [-0.2, 0) is 28.6 Å². The predicted molar refractivity (Wildman–Crippen MR) is 312 cm³/mol. The van der Waals surface area contributed by atoms with Gasteiger partial charge in [0.25, 0.3) is 0 Å². The summed E-state index contributed by atoms with van der Waals surface area (Å²) in [6.07, 6.45) is 74.4. The largest absolute Gasteiger partial charge is 0.462 e. The van der Waals surface area contributed by atoms with E-state index in [1.165, 1.54) is 244 Å². The minimum absolute atomic E-state index is 0.0821. The summed E-state index contributed by atoms with van der Waals surface area (Å²) < 4.78 is 16.9. The number of unbranched alkanes of at least 4 members (excludes halogenated alkanes) is 42. The maximum atomic E-state index is 12.9. The van der Waals surface area contributed by atoms with Crippen molar-refractivity contribution in [2.75, 3.05) is 13.2 Å². The van der Waals surface area contributed by atoms with Crippen LogP contribution < -0.4 is 0 Å². The van der Waals surface area contributed by atoms with Crippen LogP contribution in [0.3, 0.4) is 0 Å². The Hall–Kier alpha value is -2.37. The molecule has 0 N–H and O–H groups in total. The first-order valence-electron chi connectivity index (χ1n) is 32.0. The maximum Gasteiger partial charge on any atom is 0.306 e. The summed E-state index contributed by atoms with van der Waals surface area (Å²) >= 11 is 0. The van der Waals surface area contributed by atoms with E-state index in [1.807, 2.05) is 0 Å². The van der Waals surface area contributed by atoms with E-state index in [1.54, 1.807) is 0 Å². The first-order chi connectivity index (χ1) is 35.5. The SMILES string of the molecule is CCCCCCCC/C=C\C/C=C\C/C=C\CCCC(=O)OCC(COC(=O)CCCCCCCCCCCCCCCCCCCCC)OC(=O)CCCCCCCCCCCCCCCCCCCC. The van der Waals surface area contributed by atoms with E-state index in [4.69, 9.17) is 14.2 Å². The van der Waals surface area contributed by atoms with Gasteiger partial charge in [-0.2, -0.15) is 0 Å². The fourth-order valence-corrected chi connectivity index (χ4v) is 9.58. The van der Waals surface area contributed by atoms with Gasteiger partial charge in [-0.1, -0.05) is 314 Å². The first kappa shape index (κ1) is 69.6.